The lowest BCUT2D eigenvalue weighted by Gasteiger charge is -2.29. The number of carbonyl (C=O) groups is 1. The smallest absolute Gasteiger partial charge is 0.345 e. The van der Waals surface area contributed by atoms with E-state index in [2.05, 4.69) is 15.3 Å². The molecule has 7 nitrogen and oxygen atoms in total. The van der Waals surface area contributed by atoms with Crippen LogP contribution in [0.4, 0.5) is 0 Å². The van der Waals surface area contributed by atoms with Crippen molar-refractivity contribution in [3.63, 3.8) is 0 Å². The SMILES string of the molecule is CCC(CO)(CO)NC(=O)Cc1c(C)nc(=O)[nH]c1C. The van der Waals surface area contributed by atoms with Crippen molar-refractivity contribution < 1.29 is 15.0 Å². The maximum atomic E-state index is 12.0. The van der Waals surface area contributed by atoms with Crippen LogP contribution in [-0.2, 0) is 11.2 Å². The summed E-state index contributed by atoms with van der Waals surface area (Å²) in [6.45, 7) is 4.45. The fraction of sp³-hybridized carbons (Fsp3) is 0.615. The number of carbonyl (C=O) groups excluding carboxylic acids is 1. The highest BCUT2D eigenvalue weighted by Crippen LogP contribution is 2.11. The zero-order valence-corrected chi connectivity index (χ0v) is 12.0. The minimum Gasteiger partial charge on any atom is -0.394 e. The molecule has 1 aromatic rings. The molecular formula is C13H21N3O4. The van der Waals surface area contributed by atoms with Gasteiger partial charge in [-0.1, -0.05) is 6.92 Å². The van der Waals surface area contributed by atoms with Gasteiger partial charge < -0.3 is 20.5 Å². The van der Waals surface area contributed by atoms with E-state index in [-0.39, 0.29) is 25.5 Å². The van der Waals surface area contributed by atoms with E-state index in [9.17, 15) is 19.8 Å². The number of aliphatic hydroxyl groups is 2. The van der Waals surface area contributed by atoms with Crippen LogP contribution in [0, 0.1) is 13.8 Å². The average Bonchev–Trinajstić information content (AvgIpc) is 2.40. The molecule has 1 aromatic heterocycles. The number of aromatic amines is 1. The van der Waals surface area contributed by atoms with Gasteiger partial charge in [0.1, 0.15) is 0 Å². The van der Waals surface area contributed by atoms with Crippen molar-refractivity contribution in [2.24, 2.45) is 0 Å². The van der Waals surface area contributed by atoms with Crippen LogP contribution in [0.5, 0.6) is 0 Å². The Hall–Kier alpha value is -1.73. The third kappa shape index (κ3) is 3.64. The maximum absolute atomic E-state index is 12.0. The molecule has 1 heterocycles. The zero-order valence-electron chi connectivity index (χ0n) is 12.0. The molecule has 0 aliphatic heterocycles. The molecule has 0 saturated heterocycles. The van der Waals surface area contributed by atoms with Gasteiger partial charge in [-0.3, -0.25) is 4.79 Å². The molecule has 0 aromatic carbocycles. The normalized spacial score (nSPS) is 11.4. The van der Waals surface area contributed by atoms with Crippen LogP contribution >= 0.6 is 0 Å². The number of aliphatic hydroxyl groups excluding tert-OH is 2. The topological polar surface area (TPSA) is 115 Å². The van der Waals surface area contributed by atoms with Crippen molar-refractivity contribution in [1.82, 2.24) is 15.3 Å². The second-order valence-electron chi connectivity index (χ2n) is 4.91. The Morgan fingerprint density at radius 2 is 1.95 bits per heavy atom. The van der Waals surface area contributed by atoms with Crippen LogP contribution in [0.25, 0.3) is 0 Å². The molecule has 0 spiro atoms. The quantitative estimate of drug-likeness (QED) is 0.544. The number of hydrogen-bond acceptors (Lipinski definition) is 5. The van der Waals surface area contributed by atoms with Crippen LogP contribution < -0.4 is 11.0 Å². The third-order valence-electron chi connectivity index (χ3n) is 3.48. The fourth-order valence-corrected chi connectivity index (χ4v) is 1.96. The Morgan fingerprint density at radius 3 is 2.40 bits per heavy atom. The maximum Gasteiger partial charge on any atom is 0.345 e. The molecule has 4 N–H and O–H groups in total. The van der Waals surface area contributed by atoms with E-state index in [1.165, 1.54) is 0 Å². The summed E-state index contributed by atoms with van der Waals surface area (Å²) in [7, 11) is 0. The predicted molar refractivity (Wildman–Crippen MR) is 73.4 cm³/mol. The molecule has 20 heavy (non-hydrogen) atoms. The zero-order chi connectivity index (χ0) is 15.3. The van der Waals surface area contributed by atoms with Gasteiger partial charge >= 0.3 is 5.69 Å². The molecule has 0 saturated carbocycles. The second kappa shape index (κ2) is 6.62. The lowest BCUT2D eigenvalue weighted by molar-refractivity contribution is -0.123. The molecule has 0 unspecified atom stereocenters. The molecule has 0 bridgehead atoms. The molecule has 1 rings (SSSR count). The van der Waals surface area contributed by atoms with Crippen LogP contribution in [0.3, 0.4) is 0 Å². The summed E-state index contributed by atoms with van der Waals surface area (Å²) in [5, 5.41) is 21.2. The van der Waals surface area contributed by atoms with Gasteiger partial charge in [0.15, 0.2) is 0 Å². The van der Waals surface area contributed by atoms with E-state index in [0.29, 0.717) is 23.4 Å². The van der Waals surface area contributed by atoms with Crippen molar-refractivity contribution in [1.29, 1.82) is 0 Å². The summed E-state index contributed by atoms with van der Waals surface area (Å²) >= 11 is 0. The van der Waals surface area contributed by atoms with Gasteiger partial charge in [-0.05, 0) is 20.3 Å². The predicted octanol–water partition coefficient (Wildman–Crippen LogP) is -0.821. The lowest BCUT2D eigenvalue weighted by Crippen LogP contribution is -2.54. The van der Waals surface area contributed by atoms with Gasteiger partial charge in [-0.2, -0.15) is 4.98 Å². The number of hydrogen-bond donors (Lipinski definition) is 4. The van der Waals surface area contributed by atoms with Gasteiger partial charge in [-0.25, -0.2) is 4.79 Å². The van der Waals surface area contributed by atoms with Gasteiger partial charge in [0.2, 0.25) is 5.91 Å². The molecule has 0 radical (unpaired) electrons. The van der Waals surface area contributed by atoms with E-state index in [1.807, 2.05) is 0 Å². The first-order valence-electron chi connectivity index (χ1n) is 6.46. The summed E-state index contributed by atoms with van der Waals surface area (Å²) in [6, 6.07) is 0. The Bertz CT molecular complexity index is 500. The molecule has 0 fully saturated rings. The van der Waals surface area contributed by atoms with Gasteiger partial charge in [0.25, 0.3) is 0 Å². The number of nitrogens with zero attached hydrogens (tertiary/aromatic N) is 1. The number of nitrogens with one attached hydrogen (secondary N) is 2. The standard InChI is InChI=1S/C13H21N3O4/c1-4-13(6-17,7-18)16-11(19)5-10-8(2)14-12(20)15-9(10)3/h17-18H,4-7H2,1-3H3,(H,16,19)(H,14,15,20). The summed E-state index contributed by atoms with van der Waals surface area (Å²) in [6.07, 6.45) is 0.441. The van der Waals surface area contributed by atoms with Gasteiger partial charge in [0, 0.05) is 17.0 Å². The van der Waals surface area contributed by atoms with Crippen LogP contribution in [0.1, 0.15) is 30.3 Å². The minimum atomic E-state index is -1.02. The number of H-pyrrole nitrogens is 1. The highest BCUT2D eigenvalue weighted by Gasteiger charge is 2.28. The molecular weight excluding hydrogens is 262 g/mol. The van der Waals surface area contributed by atoms with Crippen molar-refractivity contribution in [3.8, 4) is 0 Å². The molecule has 112 valence electrons. The highest BCUT2D eigenvalue weighted by molar-refractivity contribution is 5.79. The summed E-state index contributed by atoms with van der Waals surface area (Å²) < 4.78 is 0. The highest BCUT2D eigenvalue weighted by atomic mass is 16.3. The average molecular weight is 283 g/mol. The first-order chi connectivity index (χ1) is 9.37. The summed E-state index contributed by atoms with van der Waals surface area (Å²) in [5.41, 5.74) is 0.263. The second-order valence-corrected chi connectivity index (χ2v) is 4.91. The van der Waals surface area contributed by atoms with E-state index in [0.717, 1.165) is 0 Å². The summed E-state index contributed by atoms with van der Waals surface area (Å²) in [4.78, 5) is 29.5. The van der Waals surface area contributed by atoms with Crippen LogP contribution in [0.2, 0.25) is 0 Å². The Morgan fingerprint density at radius 1 is 1.35 bits per heavy atom. The molecule has 0 aliphatic rings. The first kappa shape index (κ1) is 16.3. The number of rotatable bonds is 6. The Balaban J connectivity index is 2.89. The van der Waals surface area contributed by atoms with Gasteiger partial charge in [0.05, 0.1) is 25.2 Å². The lowest BCUT2D eigenvalue weighted by atomic mass is 9.97. The van der Waals surface area contributed by atoms with E-state index in [4.69, 9.17) is 0 Å². The fourth-order valence-electron chi connectivity index (χ4n) is 1.96. The minimum absolute atomic E-state index is 0.0309. The molecule has 7 heteroatoms. The monoisotopic (exact) mass is 283 g/mol. The van der Waals surface area contributed by atoms with Crippen molar-refractivity contribution in [2.45, 2.75) is 39.2 Å². The largest absolute Gasteiger partial charge is 0.394 e. The summed E-state index contributed by atoms with van der Waals surface area (Å²) in [5.74, 6) is -0.338. The van der Waals surface area contributed by atoms with E-state index < -0.39 is 11.2 Å². The number of aromatic nitrogens is 2. The van der Waals surface area contributed by atoms with Crippen molar-refractivity contribution >= 4 is 5.91 Å². The molecule has 0 aliphatic carbocycles. The van der Waals surface area contributed by atoms with E-state index >= 15 is 0 Å². The first-order valence-corrected chi connectivity index (χ1v) is 6.46. The Labute approximate surface area is 117 Å². The van der Waals surface area contributed by atoms with E-state index in [1.54, 1.807) is 20.8 Å². The molecule has 1 amide bonds. The van der Waals surface area contributed by atoms with Crippen LogP contribution in [-0.4, -0.2) is 44.8 Å². The van der Waals surface area contributed by atoms with Crippen molar-refractivity contribution in [3.05, 3.63) is 27.4 Å². The number of amides is 1. The third-order valence-corrected chi connectivity index (χ3v) is 3.48. The Kier molecular flexibility index (Phi) is 5.41. The van der Waals surface area contributed by atoms with Crippen molar-refractivity contribution in [2.75, 3.05) is 13.2 Å². The van der Waals surface area contributed by atoms with Crippen LogP contribution in [0.15, 0.2) is 4.79 Å². The van der Waals surface area contributed by atoms with Gasteiger partial charge in [-0.15, -0.1) is 0 Å². The number of aryl methyl sites for hydroxylation is 2. The molecule has 0 atom stereocenters.